The molecule has 1 aliphatic rings. The van der Waals surface area contributed by atoms with E-state index in [1.165, 1.54) is 5.56 Å². The van der Waals surface area contributed by atoms with Crippen molar-refractivity contribution in [1.82, 2.24) is 5.32 Å². The molecule has 1 heterocycles. The van der Waals surface area contributed by atoms with Crippen LogP contribution in [0, 0.1) is 6.08 Å². The van der Waals surface area contributed by atoms with E-state index in [1.807, 2.05) is 18.2 Å². The van der Waals surface area contributed by atoms with Crippen molar-refractivity contribution in [3.8, 4) is 0 Å². The first-order valence-electron chi connectivity index (χ1n) is 4.53. The summed E-state index contributed by atoms with van der Waals surface area (Å²) in [5.41, 5.74) is 3.31. The number of allylic oxidation sites excluding steroid dienone is 2. The van der Waals surface area contributed by atoms with Crippen LogP contribution in [0.3, 0.4) is 0 Å². The Labute approximate surface area is 129 Å². The maximum absolute atomic E-state index is 3.99. The van der Waals surface area contributed by atoms with Crippen LogP contribution in [-0.4, -0.2) is 3.92 Å². The van der Waals surface area contributed by atoms with Crippen LogP contribution in [0.15, 0.2) is 42.6 Å². The molecule has 0 spiro atoms. The first-order chi connectivity index (χ1) is 6.77. The molecule has 0 bridgehead atoms. The van der Waals surface area contributed by atoms with E-state index in [-0.39, 0.29) is 32.7 Å². The molecule has 15 heavy (non-hydrogen) atoms. The zero-order valence-electron chi connectivity index (χ0n) is 8.33. The van der Waals surface area contributed by atoms with Crippen LogP contribution in [0.2, 0.25) is 0 Å². The summed E-state index contributed by atoms with van der Waals surface area (Å²) in [6, 6.07) is 10.2. The number of hydrogen-bond acceptors (Lipinski definition) is 1. The van der Waals surface area contributed by atoms with Crippen LogP contribution >= 0.6 is 22.6 Å². The van der Waals surface area contributed by atoms with Crippen LogP contribution in [0.5, 0.6) is 0 Å². The Bertz CT molecular complexity index is 372. The molecule has 0 aromatic heterocycles. The van der Waals surface area contributed by atoms with Crippen LogP contribution in [0.25, 0.3) is 5.70 Å². The minimum absolute atomic E-state index is 0. The number of halogens is 1. The maximum Gasteiger partial charge on any atom is 0.0379 e. The van der Waals surface area contributed by atoms with Gasteiger partial charge in [0.25, 0.3) is 0 Å². The average molecular weight is 385 g/mol. The van der Waals surface area contributed by atoms with Crippen molar-refractivity contribution in [2.45, 2.75) is 10.3 Å². The summed E-state index contributed by atoms with van der Waals surface area (Å²) < 4.78 is 0.458. The summed E-state index contributed by atoms with van der Waals surface area (Å²) in [4.78, 5) is 0. The van der Waals surface area contributed by atoms with Gasteiger partial charge in [0, 0.05) is 42.3 Å². The van der Waals surface area contributed by atoms with E-state index >= 15 is 0 Å². The molecule has 1 N–H and O–H groups in total. The minimum atomic E-state index is 0. The molecular formula is C12H11INY-. The molecule has 0 aliphatic carbocycles. The van der Waals surface area contributed by atoms with Gasteiger partial charge in [0.15, 0.2) is 0 Å². The fourth-order valence-electron chi connectivity index (χ4n) is 1.38. The van der Waals surface area contributed by atoms with Gasteiger partial charge in [-0.15, -0.1) is 17.8 Å². The SMILES string of the molecule is C=C1NC(c2ccccc2)=[C-]CC1I.[Y]. The Hall–Kier alpha value is 0.334. The Balaban J connectivity index is 0.00000112. The predicted octanol–water partition coefficient (Wildman–Crippen LogP) is 3.14. The summed E-state index contributed by atoms with van der Waals surface area (Å²) in [5.74, 6) is 0. The molecule has 1 radical (unpaired) electrons. The number of alkyl halides is 1. The van der Waals surface area contributed by atoms with E-state index in [1.54, 1.807) is 0 Å². The van der Waals surface area contributed by atoms with Crippen molar-refractivity contribution in [3.05, 3.63) is 54.2 Å². The molecule has 1 aliphatic heterocycles. The number of hydrogen-bond donors (Lipinski definition) is 1. The van der Waals surface area contributed by atoms with E-state index in [2.05, 4.69) is 52.7 Å². The van der Waals surface area contributed by atoms with Gasteiger partial charge in [-0.2, -0.15) is 5.56 Å². The standard InChI is InChI=1S/C12H11IN.Y/c1-9-11(13)7-8-12(14-9)10-5-3-2-4-6-10;/h2-6,11,14H,1,7H2;/q-1;. The summed E-state index contributed by atoms with van der Waals surface area (Å²) in [6.45, 7) is 3.99. The molecule has 1 atom stereocenters. The molecule has 1 unspecified atom stereocenters. The van der Waals surface area contributed by atoms with Crippen LogP contribution < -0.4 is 5.32 Å². The molecular weight excluding hydrogens is 374 g/mol. The first-order valence-corrected chi connectivity index (χ1v) is 5.78. The number of benzene rings is 1. The molecule has 2 rings (SSSR count). The molecule has 1 aromatic rings. The molecule has 0 saturated heterocycles. The van der Waals surface area contributed by atoms with Crippen LogP contribution in [0.1, 0.15) is 12.0 Å². The van der Waals surface area contributed by atoms with Gasteiger partial charge in [-0.1, -0.05) is 53.8 Å². The molecule has 0 saturated carbocycles. The van der Waals surface area contributed by atoms with Gasteiger partial charge in [-0.05, 0) is 0 Å². The van der Waals surface area contributed by atoms with E-state index < -0.39 is 0 Å². The smallest absolute Gasteiger partial charge is 0.0379 e. The largest absolute Gasteiger partial charge is 0.393 e. The summed E-state index contributed by atoms with van der Waals surface area (Å²) >= 11 is 2.37. The molecule has 1 nitrogen and oxygen atoms in total. The molecule has 3 heteroatoms. The second kappa shape index (κ2) is 6.16. The topological polar surface area (TPSA) is 12.0 Å². The van der Waals surface area contributed by atoms with Gasteiger partial charge < -0.3 is 5.32 Å². The monoisotopic (exact) mass is 385 g/mol. The second-order valence-corrected chi connectivity index (χ2v) is 4.74. The van der Waals surface area contributed by atoms with Crippen molar-refractivity contribution >= 4 is 28.3 Å². The third-order valence-electron chi connectivity index (χ3n) is 2.18. The average Bonchev–Trinajstić information content (AvgIpc) is 2.23. The molecule has 0 amide bonds. The van der Waals surface area contributed by atoms with Gasteiger partial charge in [-0.3, -0.25) is 0 Å². The fraction of sp³-hybridized carbons (Fsp3) is 0.167. The van der Waals surface area contributed by atoms with Crippen molar-refractivity contribution in [3.63, 3.8) is 0 Å². The second-order valence-electron chi connectivity index (χ2n) is 3.24. The third kappa shape index (κ3) is 3.40. The first kappa shape index (κ1) is 13.4. The van der Waals surface area contributed by atoms with E-state index in [9.17, 15) is 0 Å². The minimum Gasteiger partial charge on any atom is -0.393 e. The Morgan fingerprint density at radius 3 is 2.60 bits per heavy atom. The molecule has 0 fully saturated rings. The van der Waals surface area contributed by atoms with Gasteiger partial charge in [0.2, 0.25) is 0 Å². The fourth-order valence-corrected chi connectivity index (χ4v) is 1.75. The summed E-state index contributed by atoms with van der Waals surface area (Å²) in [5, 5.41) is 3.29. The summed E-state index contributed by atoms with van der Waals surface area (Å²) in [7, 11) is 0. The van der Waals surface area contributed by atoms with Crippen molar-refractivity contribution < 1.29 is 32.7 Å². The normalized spacial score (nSPS) is 19.9. The Morgan fingerprint density at radius 2 is 2.00 bits per heavy atom. The Morgan fingerprint density at radius 1 is 1.33 bits per heavy atom. The van der Waals surface area contributed by atoms with Crippen LogP contribution in [-0.2, 0) is 32.7 Å². The predicted molar refractivity (Wildman–Crippen MR) is 67.8 cm³/mol. The molecule has 75 valence electrons. The van der Waals surface area contributed by atoms with Gasteiger partial charge >= 0.3 is 0 Å². The van der Waals surface area contributed by atoms with Crippen molar-refractivity contribution in [2.75, 3.05) is 0 Å². The van der Waals surface area contributed by atoms with E-state index in [4.69, 9.17) is 0 Å². The third-order valence-corrected chi connectivity index (χ3v) is 3.38. The number of nitrogens with one attached hydrogen (secondary N) is 1. The van der Waals surface area contributed by atoms with Crippen LogP contribution in [0.4, 0.5) is 0 Å². The maximum atomic E-state index is 3.99. The van der Waals surface area contributed by atoms with E-state index in [0.717, 1.165) is 17.8 Å². The van der Waals surface area contributed by atoms with E-state index in [0.29, 0.717) is 3.92 Å². The quantitative estimate of drug-likeness (QED) is 0.445. The van der Waals surface area contributed by atoms with Crippen molar-refractivity contribution in [1.29, 1.82) is 0 Å². The summed E-state index contributed by atoms with van der Waals surface area (Å²) in [6.07, 6.45) is 4.29. The molecule has 1 aromatic carbocycles. The number of rotatable bonds is 1. The van der Waals surface area contributed by atoms with Gasteiger partial charge in [0.05, 0.1) is 0 Å². The Kier molecular flexibility index (Phi) is 5.51. The van der Waals surface area contributed by atoms with Gasteiger partial charge in [-0.25, -0.2) is 6.08 Å². The zero-order valence-corrected chi connectivity index (χ0v) is 13.3. The zero-order chi connectivity index (χ0) is 9.97. The van der Waals surface area contributed by atoms with Gasteiger partial charge in [0.1, 0.15) is 0 Å². The van der Waals surface area contributed by atoms with Crippen molar-refractivity contribution in [2.24, 2.45) is 0 Å².